The second-order valence-corrected chi connectivity index (χ2v) is 10.2. The van der Waals surface area contributed by atoms with Crippen LogP contribution in [0.2, 0.25) is 0 Å². The zero-order valence-electron chi connectivity index (χ0n) is 15.7. The van der Waals surface area contributed by atoms with E-state index < -0.39 is 10.0 Å². The summed E-state index contributed by atoms with van der Waals surface area (Å²) in [6.45, 7) is 4.15. The molecule has 7 nitrogen and oxygen atoms in total. The molecule has 0 spiro atoms. The van der Waals surface area contributed by atoms with Gasteiger partial charge in [-0.15, -0.1) is 11.3 Å². The largest absolute Gasteiger partial charge is 0.347 e. The molecule has 28 heavy (non-hydrogen) atoms. The van der Waals surface area contributed by atoms with E-state index in [0.717, 1.165) is 10.4 Å². The van der Waals surface area contributed by atoms with Gasteiger partial charge in [0, 0.05) is 11.9 Å². The Bertz CT molecular complexity index is 1090. The highest BCUT2D eigenvalue weighted by Crippen LogP contribution is 2.27. The van der Waals surface area contributed by atoms with Gasteiger partial charge in [0.1, 0.15) is 0 Å². The van der Waals surface area contributed by atoms with Crippen molar-refractivity contribution < 1.29 is 13.2 Å². The summed E-state index contributed by atoms with van der Waals surface area (Å²) in [7, 11) is -1.96. The lowest BCUT2D eigenvalue weighted by Crippen LogP contribution is -2.32. The number of thioether (sulfide) groups is 1. The molecule has 0 unspecified atom stereocenters. The molecule has 3 N–H and O–H groups in total. The van der Waals surface area contributed by atoms with Crippen LogP contribution in [0.3, 0.4) is 0 Å². The summed E-state index contributed by atoms with van der Waals surface area (Å²) in [6, 6.07) is 8.54. The Morgan fingerprint density at radius 3 is 2.71 bits per heavy atom. The smallest absolute Gasteiger partial charge is 0.238 e. The van der Waals surface area contributed by atoms with Gasteiger partial charge in [-0.3, -0.25) is 4.79 Å². The van der Waals surface area contributed by atoms with Crippen molar-refractivity contribution in [3.63, 3.8) is 0 Å². The Morgan fingerprint density at radius 2 is 2.11 bits per heavy atom. The van der Waals surface area contributed by atoms with Gasteiger partial charge in [-0.25, -0.2) is 18.5 Å². The summed E-state index contributed by atoms with van der Waals surface area (Å²) in [5.41, 5.74) is 1.30. The first-order valence-corrected chi connectivity index (χ1v) is 12.0. The molecule has 0 aliphatic carbocycles. The van der Waals surface area contributed by atoms with Crippen molar-refractivity contribution in [2.45, 2.75) is 29.9 Å². The zero-order chi connectivity index (χ0) is 20.5. The topological polar surface area (TPSA) is 107 Å². The Hall–Kier alpha value is -1.88. The summed E-state index contributed by atoms with van der Waals surface area (Å²) in [6.07, 6.45) is 0. The zero-order valence-corrected chi connectivity index (χ0v) is 18.2. The van der Waals surface area contributed by atoms with Gasteiger partial charge in [0.15, 0.2) is 5.16 Å². The number of fused-ring (bicyclic) bond motifs is 1. The molecule has 0 radical (unpaired) electrons. The molecular formula is C18H22N4O3S3. The number of nitrogens with one attached hydrogen (secondary N) is 1. The maximum atomic E-state index is 12.5. The number of aromatic nitrogens is 2. The number of carbonyl (C=O) groups is 1. The molecule has 1 amide bonds. The Morgan fingerprint density at radius 1 is 1.36 bits per heavy atom. The number of carbonyl (C=O) groups excluding carboxylic acids is 1. The molecule has 2 aromatic heterocycles. The first kappa shape index (κ1) is 20.8. The van der Waals surface area contributed by atoms with E-state index in [0.29, 0.717) is 10.7 Å². The van der Waals surface area contributed by atoms with Crippen LogP contribution in [0.4, 0.5) is 0 Å². The third-order valence-electron chi connectivity index (χ3n) is 4.31. The first-order chi connectivity index (χ1) is 13.2. The molecule has 3 aromatic rings. The summed E-state index contributed by atoms with van der Waals surface area (Å²) >= 11 is 2.93. The molecule has 0 aliphatic heterocycles. The van der Waals surface area contributed by atoms with Gasteiger partial charge in [-0.05, 0) is 35.6 Å². The highest BCUT2D eigenvalue weighted by atomic mass is 32.2. The van der Waals surface area contributed by atoms with E-state index in [1.54, 1.807) is 17.4 Å². The van der Waals surface area contributed by atoms with Crippen LogP contribution in [0, 0.1) is 5.92 Å². The van der Waals surface area contributed by atoms with E-state index in [-0.39, 0.29) is 28.5 Å². The molecule has 0 saturated heterocycles. The number of imidazole rings is 1. The highest BCUT2D eigenvalue weighted by Gasteiger charge is 2.20. The van der Waals surface area contributed by atoms with Crippen LogP contribution in [-0.2, 0) is 21.9 Å². The number of hydrogen-bond acceptors (Lipinski definition) is 6. The minimum atomic E-state index is -3.79. The standard InChI is InChI=1S/C18H22N4O3S3/c1-11(2)17(15-5-4-8-26-15)21-16(23)10-27-18-20-13-9-12(28(19,24)25)6-7-14(13)22(18)3/h4-9,11,17H,10H2,1-3H3,(H,21,23)(H2,19,24,25)/t17-/m1/s1. The lowest BCUT2D eigenvalue weighted by atomic mass is 10.0. The van der Waals surface area contributed by atoms with E-state index in [9.17, 15) is 13.2 Å². The van der Waals surface area contributed by atoms with Crippen LogP contribution in [0.15, 0.2) is 45.8 Å². The maximum absolute atomic E-state index is 12.5. The molecule has 0 saturated carbocycles. The first-order valence-electron chi connectivity index (χ1n) is 8.61. The second-order valence-electron chi connectivity index (χ2n) is 6.74. The minimum Gasteiger partial charge on any atom is -0.347 e. The summed E-state index contributed by atoms with van der Waals surface area (Å²) < 4.78 is 24.9. The molecule has 0 bridgehead atoms. The number of rotatable bonds is 7. The quantitative estimate of drug-likeness (QED) is 0.552. The number of sulfonamides is 1. The Labute approximate surface area is 172 Å². The van der Waals surface area contributed by atoms with E-state index in [1.807, 2.05) is 29.1 Å². The Balaban J connectivity index is 1.72. The monoisotopic (exact) mass is 438 g/mol. The van der Waals surface area contributed by atoms with Gasteiger partial charge in [0.05, 0.1) is 27.7 Å². The van der Waals surface area contributed by atoms with Crippen LogP contribution in [0.1, 0.15) is 24.8 Å². The van der Waals surface area contributed by atoms with Crippen LogP contribution < -0.4 is 10.5 Å². The number of aryl methyl sites for hydroxylation is 1. The van der Waals surface area contributed by atoms with Gasteiger partial charge in [-0.2, -0.15) is 0 Å². The average Bonchev–Trinajstić information content (AvgIpc) is 3.25. The van der Waals surface area contributed by atoms with Gasteiger partial charge in [0.2, 0.25) is 15.9 Å². The molecular weight excluding hydrogens is 416 g/mol. The molecule has 0 fully saturated rings. The number of amides is 1. The average molecular weight is 439 g/mol. The second kappa shape index (κ2) is 8.24. The van der Waals surface area contributed by atoms with Crippen molar-refractivity contribution in [2.75, 3.05) is 5.75 Å². The van der Waals surface area contributed by atoms with Crippen molar-refractivity contribution in [3.8, 4) is 0 Å². The van der Waals surface area contributed by atoms with Crippen LogP contribution >= 0.6 is 23.1 Å². The fourth-order valence-electron chi connectivity index (χ4n) is 2.84. The number of benzene rings is 1. The van der Waals surface area contributed by atoms with Crippen LogP contribution in [-0.4, -0.2) is 29.6 Å². The number of nitrogens with zero attached hydrogens (tertiary/aromatic N) is 2. The maximum Gasteiger partial charge on any atom is 0.238 e. The third-order valence-corrected chi connectivity index (χ3v) is 7.20. The van der Waals surface area contributed by atoms with E-state index in [2.05, 4.69) is 24.1 Å². The van der Waals surface area contributed by atoms with E-state index in [1.165, 1.54) is 23.9 Å². The molecule has 1 atom stereocenters. The lowest BCUT2D eigenvalue weighted by molar-refractivity contribution is -0.119. The van der Waals surface area contributed by atoms with Crippen molar-refractivity contribution >= 4 is 50.1 Å². The highest BCUT2D eigenvalue weighted by molar-refractivity contribution is 7.99. The van der Waals surface area contributed by atoms with E-state index >= 15 is 0 Å². The third kappa shape index (κ3) is 4.57. The van der Waals surface area contributed by atoms with Crippen LogP contribution in [0.25, 0.3) is 11.0 Å². The summed E-state index contributed by atoms with van der Waals surface area (Å²) in [5, 5.41) is 10.9. The van der Waals surface area contributed by atoms with Gasteiger partial charge >= 0.3 is 0 Å². The predicted molar refractivity (Wildman–Crippen MR) is 113 cm³/mol. The number of primary sulfonamides is 1. The molecule has 2 heterocycles. The van der Waals surface area contributed by atoms with Crippen molar-refractivity contribution in [1.29, 1.82) is 0 Å². The fraction of sp³-hybridized carbons (Fsp3) is 0.333. The number of hydrogen-bond donors (Lipinski definition) is 2. The lowest BCUT2D eigenvalue weighted by Gasteiger charge is -2.21. The number of thiophene rings is 1. The molecule has 150 valence electrons. The van der Waals surface area contributed by atoms with Crippen molar-refractivity contribution in [2.24, 2.45) is 18.1 Å². The predicted octanol–water partition coefficient (Wildman–Crippen LogP) is 2.89. The number of nitrogens with two attached hydrogens (primary N) is 1. The van der Waals surface area contributed by atoms with Crippen molar-refractivity contribution in [3.05, 3.63) is 40.6 Å². The molecule has 0 aliphatic rings. The molecule has 10 heteroatoms. The molecule has 3 rings (SSSR count). The SMILES string of the molecule is CC(C)[C@@H](NC(=O)CSc1nc2cc(S(N)(=O)=O)ccc2n1C)c1cccs1. The molecule has 1 aromatic carbocycles. The summed E-state index contributed by atoms with van der Waals surface area (Å²) in [4.78, 5) is 18.1. The van der Waals surface area contributed by atoms with Gasteiger partial charge < -0.3 is 9.88 Å². The fourth-order valence-corrected chi connectivity index (χ4v) is 5.12. The van der Waals surface area contributed by atoms with Crippen LogP contribution in [0.5, 0.6) is 0 Å². The minimum absolute atomic E-state index is 0.0168. The normalized spacial score (nSPS) is 13.2. The summed E-state index contributed by atoms with van der Waals surface area (Å²) in [5.74, 6) is 0.419. The van der Waals surface area contributed by atoms with E-state index in [4.69, 9.17) is 5.14 Å². The van der Waals surface area contributed by atoms with Gasteiger partial charge in [-0.1, -0.05) is 31.7 Å². The Kier molecular flexibility index (Phi) is 6.13. The van der Waals surface area contributed by atoms with Crippen molar-refractivity contribution in [1.82, 2.24) is 14.9 Å². The van der Waals surface area contributed by atoms with Gasteiger partial charge in [0.25, 0.3) is 0 Å².